The first-order valence-corrected chi connectivity index (χ1v) is 5.96. The molecule has 0 spiro atoms. The van der Waals surface area contributed by atoms with Gasteiger partial charge in [-0.2, -0.15) is 0 Å². The van der Waals surface area contributed by atoms with E-state index in [-0.39, 0.29) is 6.04 Å². The number of carbonyl (C=O) groups excluding carboxylic acids is 1. The fourth-order valence-corrected chi connectivity index (χ4v) is 2.88. The lowest BCUT2D eigenvalue weighted by Crippen LogP contribution is -2.38. The molecule has 0 saturated carbocycles. The zero-order chi connectivity index (χ0) is 11.7. The van der Waals surface area contributed by atoms with Crippen LogP contribution in [0.4, 0.5) is 4.79 Å². The van der Waals surface area contributed by atoms with Gasteiger partial charge >= 0.3 is 6.03 Å². The molecule has 2 rings (SSSR count). The van der Waals surface area contributed by atoms with Crippen LogP contribution in [0, 0.1) is 0 Å². The van der Waals surface area contributed by atoms with E-state index in [2.05, 4.69) is 5.32 Å². The summed E-state index contributed by atoms with van der Waals surface area (Å²) in [5.74, 6) is 0. The van der Waals surface area contributed by atoms with E-state index in [1.807, 2.05) is 11.4 Å². The highest BCUT2D eigenvalue weighted by Crippen LogP contribution is 2.39. The molecular formula is C10H14N2O3S. The van der Waals surface area contributed by atoms with Crippen LogP contribution in [0.5, 0.6) is 0 Å². The van der Waals surface area contributed by atoms with Crippen molar-refractivity contribution in [1.29, 1.82) is 0 Å². The highest BCUT2D eigenvalue weighted by Gasteiger charge is 2.28. The molecule has 1 aliphatic rings. The van der Waals surface area contributed by atoms with Gasteiger partial charge in [-0.1, -0.05) is 0 Å². The molecule has 0 saturated heterocycles. The Morgan fingerprint density at radius 3 is 3.06 bits per heavy atom. The molecule has 1 heterocycles. The predicted octanol–water partition coefficient (Wildman–Crippen LogP) is 1.65. The maximum Gasteiger partial charge on any atom is 0.341 e. The summed E-state index contributed by atoms with van der Waals surface area (Å²) in [7, 11) is 1.28. The molecule has 0 radical (unpaired) electrons. The van der Waals surface area contributed by atoms with Crippen LogP contribution in [-0.2, 0) is 0 Å². The Morgan fingerprint density at radius 2 is 2.38 bits per heavy atom. The van der Waals surface area contributed by atoms with Crippen molar-refractivity contribution in [2.45, 2.75) is 25.0 Å². The summed E-state index contributed by atoms with van der Waals surface area (Å²) in [6.07, 6.45) is 0.896. The SMILES string of the molecule is CN(O)C(=O)N[C@@H]1CC[C@H](O)c2sccc21. The van der Waals surface area contributed by atoms with Gasteiger partial charge in [0.2, 0.25) is 0 Å². The van der Waals surface area contributed by atoms with Crippen LogP contribution in [0.3, 0.4) is 0 Å². The number of thiophene rings is 1. The lowest BCUT2D eigenvalue weighted by Gasteiger charge is -2.27. The molecule has 1 aromatic rings. The second-order valence-electron chi connectivity index (χ2n) is 3.86. The third kappa shape index (κ3) is 2.04. The van der Waals surface area contributed by atoms with Crippen molar-refractivity contribution < 1.29 is 15.1 Å². The minimum atomic E-state index is -0.529. The molecule has 2 atom stereocenters. The zero-order valence-corrected chi connectivity index (χ0v) is 9.70. The van der Waals surface area contributed by atoms with Crippen molar-refractivity contribution in [2.75, 3.05) is 7.05 Å². The van der Waals surface area contributed by atoms with Gasteiger partial charge in [-0.15, -0.1) is 11.3 Å². The van der Waals surface area contributed by atoms with E-state index in [9.17, 15) is 9.90 Å². The molecule has 16 heavy (non-hydrogen) atoms. The van der Waals surface area contributed by atoms with Crippen molar-refractivity contribution in [1.82, 2.24) is 10.4 Å². The number of fused-ring (bicyclic) bond motifs is 1. The Kier molecular flexibility index (Phi) is 3.13. The van der Waals surface area contributed by atoms with Crippen LogP contribution >= 0.6 is 11.3 Å². The standard InChI is InChI=1S/C10H14N2O3S/c1-12(15)10(14)11-7-2-3-8(13)9-6(7)4-5-16-9/h4-5,7-8,13,15H,2-3H2,1H3,(H,11,14)/t7-,8+/m1/s1. The van der Waals surface area contributed by atoms with E-state index in [4.69, 9.17) is 5.21 Å². The lowest BCUT2D eigenvalue weighted by molar-refractivity contribution is -0.0199. The average molecular weight is 242 g/mol. The van der Waals surface area contributed by atoms with Crippen molar-refractivity contribution in [3.63, 3.8) is 0 Å². The van der Waals surface area contributed by atoms with E-state index in [1.54, 1.807) is 0 Å². The Bertz CT molecular complexity index is 391. The topological polar surface area (TPSA) is 72.8 Å². The second kappa shape index (κ2) is 4.40. The van der Waals surface area contributed by atoms with Gasteiger partial charge in [0, 0.05) is 11.9 Å². The average Bonchev–Trinajstić information content (AvgIpc) is 2.71. The molecule has 3 N–H and O–H groups in total. The number of hydrogen-bond donors (Lipinski definition) is 3. The normalized spacial score (nSPS) is 23.7. The molecule has 88 valence electrons. The van der Waals surface area contributed by atoms with E-state index in [0.29, 0.717) is 17.9 Å². The van der Waals surface area contributed by atoms with E-state index < -0.39 is 12.1 Å². The second-order valence-corrected chi connectivity index (χ2v) is 4.81. The summed E-state index contributed by atoms with van der Waals surface area (Å²) in [4.78, 5) is 12.2. The van der Waals surface area contributed by atoms with Crippen LogP contribution in [0.1, 0.15) is 35.4 Å². The summed E-state index contributed by atoms with van der Waals surface area (Å²) < 4.78 is 0. The summed E-state index contributed by atoms with van der Waals surface area (Å²) >= 11 is 1.50. The summed E-state index contributed by atoms with van der Waals surface area (Å²) in [6.45, 7) is 0. The number of carbonyl (C=O) groups is 1. The van der Waals surface area contributed by atoms with E-state index in [0.717, 1.165) is 10.4 Å². The fraction of sp³-hybridized carbons (Fsp3) is 0.500. The Labute approximate surface area is 97.3 Å². The molecule has 5 nitrogen and oxygen atoms in total. The molecule has 6 heteroatoms. The third-order valence-electron chi connectivity index (χ3n) is 2.73. The van der Waals surface area contributed by atoms with Gasteiger partial charge in [0.25, 0.3) is 0 Å². The molecule has 0 bridgehead atoms. The maximum absolute atomic E-state index is 11.3. The quantitative estimate of drug-likeness (QED) is 0.518. The largest absolute Gasteiger partial charge is 0.388 e. The van der Waals surface area contributed by atoms with Gasteiger partial charge < -0.3 is 10.4 Å². The first-order chi connectivity index (χ1) is 7.59. The molecule has 0 fully saturated rings. The zero-order valence-electron chi connectivity index (χ0n) is 8.88. The number of nitrogens with one attached hydrogen (secondary N) is 1. The molecular weight excluding hydrogens is 228 g/mol. The van der Waals surface area contributed by atoms with Crippen LogP contribution in [0.15, 0.2) is 11.4 Å². The molecule has 1 aromatic heterocycles. The first-order valence-electron chi connectivity index (χ1n) is 5.08. The number of hydroxylamine groups is 2. The number of hydrogen-bond acceptors (Lipinski definition) is 4. The summed E-state index contributed by atoms with van der Waals surface area (Å²) in [5.41, 5.74) is 0.957. The van der Waals surface area contributed by atoms with Gasteiger partial charge in [-0.25, -0.2) is 9.86 Å². The number of amides is 2. The molecule has 0 unspecified atom stereocenters. The molecule has 0 aromatic carbocycles. The number of rotatable bonds is 1. The Hall–Kier alpha value is -1.11. The van der Waals surface area contributed by atoms with Gasteiger partial charge in [-0.05, 0) is 29.9 Å². The number of aliphatic hydroxyl groups excluding tert-OH is 1. The van der Waals surface area contributed by atoms with Crippen molar-refractivity contribution in [3.8, 4) is 0 Å². The highest BCUT2D eigenvalue weighted by atomic mass is 32.1. The first kappa shape index (κ1) is 11.4. The molecule has 0 aliphatic heterocycles. The van der Waals surface area contributed by atoms with Gasteiger partial charge in [-0.3, -0.25) is 5.21 Å². The minimum Gasteiger partial charge on any atom is -0.388 e. The van der Waals surface area contributed by atoms with Gasteiger partial charge in [0.15, 0.2) is 0 Å². The van der Waals surface area contributed by atoms with E-state index in [1.165, 1.54) is 18.4 Å². The van der Waals surface area contributed by atoms with Gasteiger partial charge in [0.05, 0.1) is 12.1 Å². The summed E-state index contributed by atoms with van der Waals surface area (Å²) in [5, 5.41) is 23.9. The van der Waals surface area contributed by atoms with Crippen molar-refractivity contribution >= 4 is 17.4 Å². The number of aliphatic hydroxyl groups is 1. The third-order valence-corrected chi connectivity index (χ3v) is 3.76. The van der Waals surface area contributed by atoms with Crippen molar-refractivity contribution in [2.24, 2.45) is 0 Å². The number of nitrogens with zero attached hydrogens (tertiary/aromatic N) is 1. The van der Waals surface area contributed by atoms with E-state index >= 15 is 0 Å². The molecule has 2 amide bonds. The smallest absolute Gasteiger partial charge is 0.341 e. The van der Waals surface area contributed by atoms with Crippen LogP contribution in [-0.4, -0.2) is 28.5 Å². The van der Waals surface area contributed by atoms with Crippen molar-refractivity contribution in [3.05, 3.63) is 21.9 Å². The Morgan fingerprint density at radius 1 is 1.62 bits per heavy atom. The predicted molar refractivity (Wildman–Crippen MR) is 59.3 cm³/mol. The lowest BCUT2D eigenvalue weighted by atomic mass is 9.92. The highest BCUT2D eigenvalue weighted by molar-refractivity contribution is 7.10. The van der Waals surface area contributed by atoms with Gasteiger partial charge in [0.1, 0.15) is 0 Å². The van der Waals surface area contributed by atoms with Crippen LogP contribution in [0.2, 0.25) is 0 Å². The van der Waals surface area contributed by atoms with Crippen LogP contribution in [0.25, 0.3) is 0 Å². The fourth-order valence-electron chi connectivity index (χ4n) is 1.89. The maximum atomic E-state index is 11.3. The Balaban J connectivity index is 2.14. The number of urea groups is 1. The monoisotopic (exact) mass is 242 g/mol. The molecule has 1 aliphatic carbocycles. The minimum absolute atomic E-state index is 0.119. The van der Waals surface area contributed by atoms with Crippen LogP contribution < -0.4 is 5.32 Å². The summed E-state index contributed by atoms with van der Waals surface area (Å²) in [6, 6.07) is 1.26.